The summed E-state index contributed by atoms with van der Waals surface area (Å²) < 4.78 is 5.57. The van der Waals surface area contributed by atoms with E-state index in [4.69, 9.17) is 4.74 Å². The van der Waals surface area contributed by atoms with Crippen molar-refractivity contribution in [2.45, 2.75) is 84.0 Å². The minimum atomic E-state index is -0.464. The lowest BCUT2D eigenvalue weighted by Crippen LogP contribution is -2.17. The van der Waals surface area contributed by atoms with Gasteiger partial charge in [-0.1, -0.05) is 106 Å². The Morgan fingerprint density at radius 2 is 1.46 bits per heavy atom. The molecule has 3 heteroatoms. The fourth-order valence-corrected chi connectivity index (χ4v) is 4.39. The van der Waals surface area contributed by atoms with Gasteiger partial charge in [0.2, 0.25) is 0 Å². The lowest BCUT2D eigenvalue weighted by Gasteiger charge is -2.10. The van der Waals surface area contributed by atoms with Gasteiger partial charge < -0.3 is 4.74 Å². The summed E-state index contributed by atoms with van der Waals surface area (Å²) in [5.74, 6) is 0.585. The van der Waals surface area contributed by atoms with Crippen LogP contribution in [0.15, 0.2) is 78.9 Å². The topological polar surface area (TPSA) is 38.3 Å². The molecule has 0 spiro atoms. The number of unbranched alkanes of at least 4 members (excludes halogenated alkanes) is 9. The Balaban J connectivity index is 1.31. The number of rotatable bonds is 15. The molecule has 0 fully saturated rings. The number of benzene rings is 3. The van der Waals surface area contributed by atoms with Crippen molar-refractivity contribution in [3.05, 3.63) is 84.4 Å². The van der Waals surface area contributed by atoms with Gasteiger partial charge in [-0.05, 0) is 67.7 Å². The van der Waals surface area contributed by atoms with Gasteiger partial charge in [-0.3, -0.25) is 5.32 Å². The predicted octanol–water partition coefficient (Wildman–Crippen LogP) is 9.86. The maximum atomic E-state index is 12.5. The Morgan fingerprint density at radius 3 is 2.29 bits per heavy atom. The number of ether oxygens (including phenoxy) is 1. The van der Waals surface area contributed by atoms with Crippen LogP contribution in [0.5, 0.6) is 5.75 Å². The molecule has 3 aromatic rings. The maximum absolute atomic E-state index is 12.5. The van der Waals surface area contributed by atoms with Crippen molar-refractivity contribution in [3.63, 3.8) is 0 Å². The van der Waals surface area contributed by atoms with Gasteiger partial charge in [0, 0.05) is 5.39 Å². The average Bonchev–Trinajstić information content (AvgIpc) is 2.87. The highest BCUT2D eigenvalue weighted by molar-refractivity contribution is 6.00. The molecular weight excluding hydrogens is 430 g/mol. The fourth-order valence-electron chi connectivity index (χ4n) is 4.39. The highest BCUT2D eigenvalue weighted by atomic mass is 16.6. The zero-order valence-electron chi connectivity index (χ0n) is 21.3. The molecule has 0 unspecified atom stereocenters. The van der Waals surface area contributed by atoms with E-state index in [9.17, 15) is 4.79 Å². The molecule has 3 nitrogen and oxygen atoms in total. The number of aryl methyl sites for hydroxylation is 1. The predicted molar refractivity (Wildman–Crippen MR) is 149 cm³/mol. The van der Waals surface area contributed by atoms with Crippen molar-refractivity contribution in [2.75, 3.05) is 5.32 Å². The van der Waals surface area contributed by atoms with Crippen LogP contribution in [0, 0.1) is 0 Å². The van der Waals surface area contributed by atoms with Crippen LogP contribution in [0.25, 0.3) is 10.8 Å². The summed E-state index contributed by atoms with van der Waals surface area (Å²) in [5.41, 5.74) is 1.97. The van der Waals surface area contributed by atoms with Crippen molar-refractivity contribution >= 4 is 22.6 Å². The number of carbonyl (C=O) groups is 1. The molecule has 1 N–H and O–H groups in total. The molecule has 0 aromatic heterocycles. The molecule has 35 heavy (non-hydrogen) atoms. The molecule has 3 rings (SSSR count). The molecule has 186 valence electrons. The lowest BCUT2D eigenvalue weighted by molar-refractivity contribution is 0.215. The molecule has 0 saturated carbocycles. The van der Waals surface area contributed by atoms with Gasteiger partial charge in [-0.15, -0.1) is 0 Å². The Hall–Kier alpha value is -3.07. The summed E-state index contributed by atoms with van der Waals surface area (Å²) in [6.45, 7) is 2.26. The van der Waals surface area contributed by atoms with Gasteiger partial charge in [0.1, 0.15) is 5.75 Å². The van der Waals surface area contributed by atoms with Crippen LogP contribution >= 0.6 is 0 Å². The number of nitrogens with one attached hydrogen (secondary N) is 1. The quantitative estimate of drug-likeness (QED) is 0.177. The van der Waals surface area contributed by atoms with Gasteiger partial charge in [0.15, 0.2) is 0 Å². The Kier molecular flexibility index (Phi) is 11.9. The Bertz CT molecular complexity index is 1050. The number of hydrogen-bond acceptors (Lipinski definition) is 2. The van der Waals surface area contributed by atoms with Gasteiger partial charge in [0.25, 0.3) is 0 Å². The highest BCUT2D eigenvalue weighted by Crippen LogP contribution is 2.24. The van der Waals surface area contributed by atoms with E-state index in [1.54, 1.807) is 0 Å². The van der Waals surface area contributed by atoms with Crippen LogP contribution in [0.4, 0.5) is 10.5 Å². The van der Waals surface area contributed by atoms with E-state index >= 15 is 0 Å². The van der Waals surface area contributed by atoms with Crippen molar-refractivity contribution < 1.29 is 9.53 Å². The minimum absolute atomic E-state index is 0.464. The number of amides is 1. The second-order valence-corrected chi connectivity index (χ2v) is 9.32. The second kappa shape index (κ2) is 15.8. The van der Waals surface area contributed by atoms with E-state index in [-0.39, 0.29) is 0 Å². The standard InChI is InChI=1S/C32H41NO2/c1-2-3-4-5-6-7-8-9-10-11-12-13-14-19-27-20-17-23-29(26-27)35-32(34)33-31-25-18-22-28-21-15-16-24-30(28)31/h7-8,15-18,20-26H,2-6,9-14,19H2,1H3,(H,33,34). The maximum Gasteiger partial charge on any atom is 0.417 e. The zero-order valence-corrected chi connectivity index (χ0v) is 21.3. The summed E-state index contributed by atoms with van der Waals surface area (Å²) in [6.07, 6.45) is 19.4. The molecule has 0 heterocycles. The van der Waals surface area contributed by atoms with E-state index in [0.29, 0.717) is 5.75 Å². The molecule has 0 bridgehead atoms. The lowest BCUT2D eigenvalue weighted by atomic mass is 10.0. The van der Waals surface area contributed by atoms with E-state index in [2.05, 4.69) is 30.5 Å². The Labute approximate surface area is 211 Å². The first kappa shape index (κ1) is 26.5. The third-order valence-corrected chi connectivity index (χ3v) is 6.36. The molecule has 0 aliphatic rings. The van der Waals surface area contributed by atoms with Crippen LogP contribution in [0.2, 0.25) is 0 Å². The number of carbonyl (C=O) groups excluding carboxylic acids is 1. The summed E-state index contributed by atoms with van der Waals surface area (Å²) in [5, 5.41) is 4.97. The third-order valence-electron chi connectivity index (χ3n) is 6.36. The monoisotopic (exact) mass is 471 g/mol. The molecule has 0 radical (unpaired) electrons. The van der Waals surface area contributed by atoms with Crippen LogP contribution in [-0.2, 0) is 6.42 Å². The number of hydrogen-bond donors (Lipinski definition) is 1. The summed E-state index contributed by atoms with van der Waals surface area (Å²) in [6, 6.07) is 21.7. The smallest absolute Gasteiger partial charge is 0.410 e. The molecule has 0 aliphatic carbocycles. The molecule has 0 saturated heterocycles. The zero-order chi connectivity index (χ0) is 24.6. The van der Waals surface area contributed by atoms with E-state index in [1.807, 2.05) is 60.7 Å². The number of anilines is 1. The summed E-state index contributed by atoms with van der Waals surface area (Å²) in [4.78, 5) is 12.5. The van der Waals surface area contributed by atoms with Crippen LogP contribution in [0.1, 0.15) is 83.1 Å². The van der Waals surface area contributed by atoms with Crippen molar-refractivity contribution in [1.82, 2.24) is 0 Å². The first-order valence-corrected chi connectivity index (χ1v) is 13.5. The normalized spacial score (nSPS) is 11.2. The highest BCUT2D eigenvalue weighted by Gasteiger charge is 2.08. The van der Waals surface area contributed by atoms with Gasteiger partial charge in [-0.2, -0.15) is 0 Å². The first-order valence-electron chi connectivity index (χ1n) is 13.5. The molecule has 3 aromatic carbocycles. The number of fused-ring (bicyclic) bond motifs is 1. The second-order valence-electron chi connectivity index (χ2n) is 9.32. The fraction of sp³-hybridized carbons (Fsp3) is 0.406. The summed E-state index contributed by atoms with van der Waals surface area (Å²) in [7, 11) is 0. The van der Waals surface area contributed by atoms with Gasteiger partial charge in [-0.25, -0.2) is 4.79 Å². The minimum Gasteiger partial charge on any atom is -0.410 e. The van der Waals surface area contributed by atoms with Crippen molar-refractivity contribution in [3.8, 4) is 5.75 Å². The van der Waals surface area contributed by atoms with Crippen LogP contribution < -0.4 is 10.1 Å². The first-order chi connectivity index (χ1) is 17.3. The van der Waals surface area contributed by atoms with Crippen molar-refractivity contribution in [1.29, 1.82) is 0 Å². The molecule has 0 atom stereocenters. The van der Waals surface area contributed by atoms with Crippen LogP contribution in [-0.4, -0.2) is 6.09 Å². The average molecular weight is 472 g/mol. The Morgan fingerprint density at radius 1 is 0.771 bits per heavy atom. The summed E-state index contributed by atoms with van der Waals surface area (Å²) >= 11 is 0. The SMILES string of the molecule is CCCCCCC=CCCCCCCCc1cccc(OC(=O)Nc2cccc3ccccc23)c1. The van der Waals surface area contributed by atoms with Gasteiger partial charge in [0.05, 0.1) is 5.69 Å². The van der Waals surface area contributed by atoms with Crippen LogP contribution in [0.3, 0.4) is 0 Å². The van der Waals surface area contributed by atoms with Gasteiger partial charge >= 0.3 is 6.09 Å². The largest absolute Gasteiger partial charge is 0.417 e. The van der Waals surface area contributed by atoms with E-state index in [1.165, 1.54) is 76.2 Å². The molecular formula is C32H41NO2. The molecule has 1 amide bonds. The molecule has 0 aliphatic heterocycles. The third kappa shape index (κ3) is 9.98. The van der Waals surface area contributed by atoms with E-state index in [0.717, 1.165) is 22.9 Å². The van der Waals surface area contributed by atoms with E-state index < -0.39 is 6.09 Å². The number of allylic oxidation sites excluding steroid dienone is 2. The van der Waals surface area contributed by atoms with Crippen molar-refractivity contribution in [2.24, 2.45) is 0 Å².